The zero-order valence-corrected chi connectivity index (χ0v) is 12.6. The van der Waals surface area contributed by atoms with Gasteiger partial charge in [0.15, 0.2) is 0 Å². The van der Waals surface area contributed by atoms with Gasteiger partial charge >= 0.3 is 118 Å². The van der Waals surface area contributed by atoms with E-state index in [1.807, 2.05) is 24.3 Å². The van der Waals surface area contributed by atoms with Gasteiger partial charge in [0, 0.05) is 0 Å². The van der Waals surface area contributed by atoms with Crippen molar-refractivity contribution in [3.63, 3.8) is 0 Å². The van der Waals surface area contributed by atoms with Crippen LogP contribution >= 0.6 is 0 Å². The number of esters is 1. The molecule has 19 heavy (non-hydrogen) atoms. The molecule has 0 aliphatic heterocycles. The molecule has 0 radical (unpaired) electrons. The Labute approximate surface area is 118 Å². The molecule has 0 heterocycles. The van der Waals surface area contributed by atoms with Crippen LogP contribution in [-0.2, 0) is 9.95 Å². The van der Waals surface area contributed by atoms with Gasteiger partial charge in [0.05, 0.1) is 0 Å². The fourth-order valence-corrected chi connectivity index (χ4v) is 3.98. The van der Waals surface area contributed by atoms with Crippen LogP contribution in [0.25, 0.3) is 0 Å². The molecule has 0 aliphatic rings. The summed E-state index contributed by atoms with van der Waals surface area (Å²) in [5.74, 6) is -0.453. The Morgan fingerprint density at radius 3 is 2.47 bits per heavy atom. The third kappa shape index (κ3) is 3.68. The molecule has 0 aromatic heterocycles. The first kappa shape index (κ1) is 13.8. The van der Waals surface area contributed by atoms with Gasteiger partial charge in [-0.1, -0.05) is 0 Å². The fraction of sp³-hybridized carbons (Fsp3) is 0.133. The monoisotopic (exact) mass is 320 g/mol. The van der Waals surface area contributed by atoms with Crippen LogP contribution in [0.15, 0.2) is 48.5 Å². The number of hydrogen-bond donors (Lipinski definition) is 0. The van der Waals surface area contributed by atoms with Crippen LogP contribution in [-0.4, -0.2) is 28.8 Å². The van der Waals surface area contributed by atoms with Gasteiger partial charge < -0.3 is 0 Å². The van der Waals surface area contributed by atoms with Crippen molar-refractivity contribution in [1.82, 2.24) is 0 Å². The molecule has 1 unspecified atom stereocenters. The molecule has 0 saturated carbocycles. The standard InChI is InChI=1S/C15H14AsFO2/c1-19-15(18)12-8-6-11(7-9-12)10-16-13-4-2-3-5-14(13)17/h2-9,16H,10H2,1H3. The molecule has 0 fully saturated rings. The fourth-order valence-electron chi connectivity index (χ4n) is 1.68. The molecular formula is C15H14AsFO2. The normalized spacial score (nSPS) is 10.8. The topological polar surface area (TPSA) is 26.3 Å². The van der Waals surface area contributed by atoms with Crippen molar-refractivity contribution < 1.29 is 13.9 Å². The first-order valence-corrected chi connectivity index (χ1v) is 8.39. The van der Waals surface area contributed by atoms with E-state index in [-0.39, 0.29) is 11.8 Å². The van der Waals surface area contributed by atoms with E-state index in [2.05, 4.69) is 4.74 Å². The van der Waals surface area contributed by atoms with E-state index in [1.54, 1.807) is 18.2 Å². The van der Waals surface area contributed by atoms with Gasteiger partial charge in [-0.25, -0.2) is 0 Å². The summed E-state index contributed by atoms with van der Waals surface area (Å²) in [6, 6.07) is 14.2. The van der Waals surface area contributed by atoms with E-state index in [0.717, 1.165) is 15.1 Å². The number of benzene rings is 2. The number of rotatable bonds is 4. The van der Waals surface area contributed by atoms with Crippen molar-refractivity contribution in [1.29, 1.82) is 0 Å². The first-order valence-electron chi connectivity index (χ1n) is 5.86. The third-order valence-corrected chi connectivity index (χ3v) is 5.61. The van der Waals surface area contributed by atoms with Crippen molar-refractivity contribution in [2.45, 2.75) is 5.21 Å². The molecule has 0 amide bonds. The molecule has 2 nitrogen and oxygen atoms in total. The van der Waals surface area contributed by atoms with Crippen LogP contribution in [0, 0.1) is 5.82 Å². The van der Waals surface area contributed by atoms with E-state index >= 15 is 0 Å². The quantitative estimate of drug-likeness (QED) is 0.635. The van der Waals surface area contributed by atoms with Crippen molar-refractivity contribution >= 4 is 26.1 Å². The zero-order chi connectivity index (χ0) is 13.7. The van der Waals surface area contributed by atoms with Gasteiger partial charge in [0.25, 0.3) is 0 Å². The summed E-state index contributed by atoms with van der Waals surface area (Å²) in [6.45, 7) is 0. The van der Waals surface area contributed by atoms with Gasteiger partial charge in [0.2, 0.25) is 0 Å². The van der Waals surface area contributed by atoms with Crippen molar-refractivity contribution in [2.75, 3.05) is 7.11 Å². The predicted octanol–water partition coefficient (Wildman–Crippen LogP) is 1.87. The van der Waals surface area contributed by atoms with Crippen LogP contribution in [0.2, 0.25) is 0 Å². The second kappa shape index (κ2) is 6.53. The second-order valence-corrected chi connectivity index (χ2v) is 6.64. The van der Waals surface area contributed by atoms with Gasteiger partial charge in [-0.3, -0.25) is 0 Å². The average molecular weight is 320 g/mol. The molecular weight excluding hydrogens is 306 g/mol. The maximum absolute atomic E-state index is 13.5. The molecule has 0 N–H and O–H groups in total. The minimum atomic E-state index is -0.536. The molecule has 0 spiro atoms. The Balaban J connectivity index is 2.01. The predicted molar refractivity (Wildman–Crippen MR) is 74.7 cm³/mol. The number of ether oxygens (including phenoxy) is 1. The summed E-state index contributed by atoms with van der Waals surface area (Å²) >= 11 is -0.536. The zero-order valence-electron chi connectivity index (χ0n) is 10.5. The molecule has 2 aromatic carbocycles. The van der Waals surface area contributed by atoms with Crippen LogP contribution in [0.5, 0.6) is 0 Å². The van der Waals surface area contributed by atoms with Gasteiger partial charge in [0.1, 0.15) is 0 Å². The Morgan fingerprint density at radius 2 is 1.84 bits per heavy atom. The minimum absolute atomic E-state index is 0.117. The third-order valence-electron chi connectivity index (χ3n) is 2.73. The molecule has 1 atom stereocenters. The second-order valence-electron chi connectivity index (χ2n) is 4.02. The van der Waals surface area contributed by atoms with E-state index in [4.69, 9.17) is 0 Å². The molecule has 4 heteroatoms. The Morgan fingerprint density at radius 1 is 1.16 bits per heavy atom. The van der Waals surface area contributed by atoms with Crippen molar-refractivity contribution in [2.24, 2.45) is 0 Å². The Kier molecular flexibility index (Phi) is 4.75. The van der Waals surface area contributed by atoms with Crippen molar-refractivity contribution in [3.05, 3.63) is 65.5 Å². The van der Waals surface area contributed by atoms with Gasteiger partial charge in [-0.15, -0.1) is 0 Å². The summed E-state index contributed by atoms with van der Waals surface area (Å²) in [7, 11) is 1.36. The van der Waals surface area contributed by atoms with E-state index in [0.29, 0.717) is 5.56 Å². The molecule has 2 aromatic rings. The maximum atomic E-state index is 13.5. The number of halogens is 1. The summed E-state index contributed by atoms with van der Waals surface area (Å²) in [6.07, 6.45) is 0. The number of carbonyl (C=O) groups is 1. The average Bonchev–Trinajstić information content (AvgIpc) is 2.46. The summed E-state index contributed by atoms with van der Waals surface area (Å²) in [5.41, 5.74) is 1.66. The van der Waals surface area contributed by atoms with Crippen molar-refractivity contribution in [3.8, 4) is 0 Å². The van der Waals surface area contributed by atoms with E-state index < -0.39 is 15.8 Å². The molecule has 0 bridgehead atoms. The molecule has 98 valence electrons. The Bertz CT molecular complexity index is 567. The first-order chi connectivity index (χ1) is 9.20. The van der Waals surface area contributed by atoms with E-state index in [9.17, 15) is 9.18 Å². The number of carbonyl (C=O) groups excluding carboxylic acids is 1. The molecule has 2 rings (SSSR count). The SMILES string of the molecule is COC(=O)c1ccc(C[AsH]c2ccccc2F)cc1. The summed E-state index contributed by atoms with van der Waals surface area (Å²) in [4.78, 5) is 11.3. The number of methoxy groups -OCH3 is 1. The summed E-state index contributed by atoms with van der Waals surface area (Å²) < 4.78 is 19.0. The van der Waals surface area contributed by atoms with Crippen LogP contribution < -0.4 is 4.35 Å². The Hall–Kier alpha value is -1.60. The van der Waals surface area contributed by atoms with Crippen LogP contribution in [0.4, 0.5) is 4.39 Å². The van der Waals surface area contributed by atoms with Crippen LogP contribution in [0.1, 0.15) is 15.9 Å². The van der Waals surface area contributed by atoms with Crippen LogP contribution in [0.3, 0.4) is 0 Å². The summed E-state index contributed by atoms with van der Waals surface area (Å²) in [5, 5.41) is 0.863. The van der Waals surface area contributed by atoms with Gasteiger partial charge in [-0.2, -0.15) is 0 Å². The molecule has 0 aliphatic carbocycles. The van der Waals surface area contributed by atoms with E-state index in [1.165, 1.54) is 13.2 Å². The number of hydrogen-bond acceptors (Lipinski definition) is 2. The molecule has 0 saturated heterocycles. The van der Waals surface area contributed by atoms with Gasteiger partial charge in [-0.05, 0) is 0 Å².